The third kappa shape index (κ3) is 2.08. The van der Waals surface area contributed by atoms with E-state index in [0.717, 1.165) is 6.42 Å². The van der Waals surface area contributed by atoms with Gasteiger partial charge in [-0.25, -0.2) is 8.42 Å². The Balaban J connectivity index is 2.24. The van der Waals surface area contributed by atoms with Gasteiger partial charge >= 0.3 is 0 Å². The van der Waals surface area contributed by atoms with Crippen LogP contribution in [0.5, 0.6) is 0 Å². The van der Waals surface area contributed by atoms with E-state index >= 15 is 0 Å². The van der Waals surface area contributed by atoms with E-state index in [2.05, 4.69) is 10.6 Å². The van der Waals surface area contributed by atoms with E-state index in [9.17, 15) is 13.2 Å². The second-order valence-electron chi connectivity index (χ2n) is 5.41. The van der Waals surface area contributed by atoms with Crippen LogP contribution in [0.1, 0.15) is 26.7 Å². The molecule has 1 unspecified atom stereocenters. The maximum absolute atomic E-state index is 11.7. The average Bonchev–Trinajstić information content (AvgIpc) is 2.09. The summed E-state index contributed by atoms with van der Waals surface area (Å²) in [7, 11) is -2.97. The molecular formula is C10H18N2O3S. The van der Waals surface area contributed by atoms with Crippen molar-refractivity contribution < 1.29 is 13.2 Å². The van der Waals surface area contributed by atoms with Gasteiger partial charge in [0.1, 0.15) is 0 Å². The zero-order valence-electron chi connectivity index (χ0n) is 9.67. The predicted molar refractivity (Wildman–Crippen MR) is 60.8 cm³/mol. The Morgan fingerprint density at radius 1 is 1.31 bits per heavy atom. The van der Waals surface area contributed by atoms with Crippen LogP contribution in [0.2, 0.25) is 0 Å². The lowest BCUT2D eigenvalue weighted by Gasteiger charge is -2.47. The van der Waals surface area contributed by atoms with Crippen molar-refractivity contribution in [2.24, 2.45) is 0 Å². The molecule has 0 aromatic carbocycles. The second kappa shape index (κ2) is 3.43. The van der Waals surface area contributed by atoms with Crippen LogP contribution in [0.15, 0.2) is 0 Å². The van der Waals surface area contributed by atoms with Gasteiger partial charge in [0.15, 0.2) is 9.84 Å². The standard InChI is InChI=1S/C10H18N2O3S/c1-9(2)8(13)11-6-10(12-9)4-3-5-16(14,15)7-10/h12H,3-7H2,1-2H3,(H,11,13). The summed E-state index contributed by atoms with van der Waals surface area (Å²) in [4.78, 5) is 11.6. The SMILES string of the molecule is CC1(C)NC2(CCCS(=O)(=O)C2)CNC1=O. The number of rotatable bonds is 0. The number of carbonyl (C=O) groups is 1. The van der Waals surface area contributed by atoms with E-state index in [1.54, 1.807) is 13.8 Å². The minimum atomic E-state index is -2.97. The van der Waals surface area contributed by atoms with E-state index in [0.29, 0.717) is 13.0 Å². The Hall–Kier alpha value is -0.620. The molecule has 16 heavy (non-hydrogen) atoms. The molecule has 2 heterocycles. The summed E-state index contributed by atoms with van der Waals surface area (Å²) in [5, 5.41) is 6.03. The molecule has 6 heteroatoms. The third-order valence-corrected chi connectivity index (χ3v) is 5.24. The highest BCUT2D eigenvalue weighted by atomic mass is 32.2. The van der Waals surface area contributed by atoms with Crippen LogP contribution in [0, 0.1) is 0 Å². The first kappa shape index (κ1) is 11.9. The number of amides is 1. The van der Waals surface area contributed by atoms with Crippen LogP contribution in [-0.2, 0) is 14.6 Å². The molecule has 0 aromatic heterocycles. The lowest BCUT2D eigenvalue weighted by Crippen LogP contribution is -2.73. The molecule has 0 saturated carbocycles. The molecule has 2 rings (SSSR count). The Bertz CT molecular complexity index is 416. The molecule has 2 N–H and O–H groups in total. The molecule has 0 radical (unpaired) electrons. The number of carbonyl (C=O) groups excluding carboxylic acids is 1. The van der Waals surface area contributed by atoms with E-state index in [1.165, 1.54) is 0 Å². The normalized spacial score (nSPS) is 37.0. The fourth-order valence-corrected chi connectivity index (χ4v) is 4.56. The Kier molecular flexibility index (Phi) is 2.54. The first-order valence-electron chi connectivity index (χ1n) is 5.53. The second-order valence-corrected chi connectivity index (χ2v) is 7.59. The summed E-state index contributed by atoms with van der Waals surface area (Å²) in [6.45, 7) is 3.98. The number of sulfone groups is 1. The minimum absolute atomic E-state index is 0.0684. The van der Waals surface area contributed by atoms with Gasteiger partial charge in [0, 0.05) is 6.54 Å². The van der Waals surface area contributed by atoms with E-state index in [-0.39, 0.29) is 17.4 Å². The Morgan fingerprint density at radius 3 is 2.56 bits per heavy atom. The lowest BCUT2D eigenvalue weighted by molar-refractivity contribution is -0.130. The predicted octanol–water partition coefficient (Wildman–Crippen LogP) is -0.568. The largest absolute Gasteiger partial charge is 0.353 e. The van der Waals surface area contributed by atoms with Gasteiger partial charge in [-0.1, -0.05) is 0 Å². The Labute approximate surface area is 95.9 Å². The monoisotopic (exact) mass is 246 g/mol. The molecule has 2 fully saturated rings. The lowest BCUT2D eigenvalue weighted by atomic mass is 9.87. The zero-order valence-corrected chi connectivity index (χ0v) is 10.5. The van der Waals surface area contributed by atoms with Crippen LogP contribution in [0.4, 0.5) is 0 Å². The molecule has 1 spiro atoms. The van der Waals surface area contributed by atoms with Crippen molar-refractivity contribution in [3.8, 4) is 0 Å². The highest BCUT2D eigenvalue weighted by Gasteiger charge is 2.47. The van der Waals surface area contributed by atoms with Crippen LogP contribution in [0.25, 0.3) is 0 Å². The molecule has 5 nitrogen and oxygen atoms in total. The van der Waals surface area contributed by atoms with Crippen LogP contribution < -0.4 is 10.6 Å². The summed E-state index contributed by atoms with van der Waals surface area (Å²) in [6.07, 6.45) is 1.47. The van der Waals surface area contributed by atoms with Gasteiger partial charge in [-0.3, -0.25) is 10.1 Å². The highest BCUT2D eigenvalue weighted by molar-refractivity contribution is 7.91. The molecular weight excluding hydrogens is 228 g/mol. The maximum Gasteiger partial charge on any atom is 0.239 e. The third-order valence-electron chi connectivity index (χ3n) is 3.34. The van der Waals surface area contributed by atoms with E-state index < -0.39 is 20.9 Å². The molecule has 2 aliphatic rings. The van der Waals surface area contributed by atoms with Gasteiger partial charge in [0.25, 0.3) is 0 Å². The van der Waals surface area contributed by atoms with Gasteiger partial charge in [0.2, 0.25) is 5.91 Å². The van der Waals surface area contributed by atoms with Crippen molar-refractivity contribution in [1.29, 1.82) is 0 Å². The summed E-state index contributed by atoms with van der Waals surface area (Å²) in [5.41, 5.74) is -1.15. The molecule has 1 amide bonds. The van der Waals surface area contributed by atoms with E-state index in [4.69, 9.17) is 0 Å². The van der Waals surface area contributed by atoms with Crippen molar-refractivity contribution >= 4 is 15.7 Å². The minimum Gasteiger partial charge on any atom is -0.353 e. The quantitative estimate of drug-likeness (QED) is 0.600. The molecule has 1 atom stereocenters. The van der Waals surface area contributed by atoms with Gasteiger partial charge in [-0.15, -0.1) is 0 Å². The van der Waals surface area contributed by atoms with Crippen molar-refractivity contribution in [2.75, 3.05) is 18.1 Å². The van der Waals surface area contributed by atoms with Gasteiger partial charge in [-0.05, 0) is 26.7 Å². The Morgan fingerprint density at radius 2 is 2.00 bits per heavy atom. The fraction of sp³-hybridized carbons (Fsp3) is 0.900. The van der Waals surface area contributed by atoms with Crippen molar-refractivity contribution in [2.45, 2.75) is 37.8 Å². The number of piperazine rings is 1. The molecule has 0 aromatic rings. The van der Waals surface area contributed by atoms with Crippen molar-refractivity contribution in [1.82, 2.24) is 10.6 Å². The number of hydrogen-bond acceptors (Lipinski definition) is 4. The van der Waals surface area contributed by atoms with E-state index in [1.807, 2.05) is 0 Å². The van der Waals surface area contributed by atoms with Crippen molar-refractivity contribution in [3.63, 3.8) is 0 Å². The number of hydrogen-bond donors (Lipinski definition) is 2. The molecule has 2 saturated heterocycles. The fourth-order valence-electron chi connectivity index (χ4n) is 2.67. The summed E-state index contributed by atoms with van der Waals surface area (Å²) in [5.74, 6) is 0.329. The van der Waals surface area contributed by atoms with Crippen LogP contribution in [0.3, 0.4) is 0 Å². The molecule has 0 aliphatic carbocycles. The average molecular weight is 246 g/mol. The molecule has 0 bridgehead atoms. The molecule has 2 aliphatic heterocycles. The maximum atomic E-state index is 11.7. The summed E-state index contributed by atoms with van der Waals surface area (Å²) < 4.78 is 23.3. The number of nitrogens with one attached hydrogen (secondary N) is 2. The van der Waals surface area contributed by atoms with Crippen LogP contribution in [-0.4, -0.2) is 43.5 Å². The summed E-state index contributed by atoms with van der Waals surface area (Å²) in [6, 6.07) is 0. The summed E-state index contributed by atoms with van der Waals surface area (Å²) >= 11 is 0. The first-order chi connectivity index (χ1) is 7.25. The van der Waals surface area contributed by atoms with Gasteiger partial charge in [0.05, 0.1) is 22.6 Å². The zero-order chi connectivity index (χ0) is 12.0. The van der Waals surface area contributed by atoms with Crippen molar-refractivity contribution in [3.05, 3.63) is 0 Å². The topological polar surface area (TPSA) is 75.3 Å². The first-order valence-corrected chi connectivity index (χ1v) is 7.35. The molecule has 92 valence electrons. The van der Waals surface area contributed by atoms with Gasteiger partial charge in [-0.2, -0.15) is 0 Å². The smallest absolute Gasteiger partial charge is 0.239 e. The van der Waals surface area contributed by atoms with Crippen LogP contribution >= 0.6 is 0 Å². The highest BCUT2D eigenvalue weighted by Crippen LogP contribution is 2.27. The van der Waals surface area contributed by atoms with Gasteiger partial charge < -0.3 is 5.32 Å².